The Balaban J connectivity index is 2.30. The highest BCUT2D eigenvalue weighted by atomic mass is 16.5. The topological polar surface area (TPSA) is 61.2 Å². The molecule has 0 saturated carbocycles. The number of esters is 1. The number of aromatic nitrogens is 2. The Morgan fingerprint density at radius 2 is 1.92 bits per heavy atom. The number of aryl methyl sites for hydroxylation is 2. The van der Waals surface area contributed by atoms with Gasteiger partial charge in [0, 0.05) is 18.2 Å². The first-order valence-electron chi connectivity index (χ1n) is 8.35. The average molecular weight is 328 g/mol. The Hall–Kier alpha value is -2.43. The zero-order valence-corrected chi connectivity index (χ0v) is 14.5. The van der Waals surface area contributed by atoms with E-state index >= 15 is 0 Å². The van der Waals surface area contributed by atoms with Crippen molar-refractivity contribution >= 4 is 5.97 Å². The summed E-state index contributed by atoms with van der Waals surface area (Å²) >= 11 is 0. The number of hydrogen-bond acceptors (Lipinski definition) is 4. The molecule has 2 aromatic rings. The lowest BCUT2D eigenvalue weighted by Gasteiger charge is -2.13. The highest BCUT2D eigenvalue weighted by Crippen LogP contribution is 2.10. The molecule has 1 heterocycles. The van der Waals surface area contributed by atoms with Crippen molar-refractivity contribution in [3.63, 3.8) is 0 Å². The van der Waals surface area contributed by atoms with Gasteiger partial charge in [-0.3, -0.25) is 9.36 Å². The van der Waals surface area contributed by atoms with Crippen molar-refractivity contribution < 1.29 is 9.53 Å². The standard InChI is InChI=1S/C19H24N2O3/c1-4-6-7-17-20-16(5-2)12-18(22)21(17)13-14-8-10-15(11-9-14)19(23)24-3/h8-12H,4-7,13H2,1-3H3. The van der Waals surface area contributed by atoms with Crippen molar-refractivity contribution in [2.45, 2.75) is 46.1 Å². The predicted octanol–water partition coefficient (Wildman–Crippen LogP) is 2.98. The Kier molecular flexibility index (Phi) is 6.29. The summed E-state index contributed by atoms with van der Waals surface area (Å²) in [6.45, 7) is 4.58. The molecule has 5 nitrogen and oxygen atoms in total. The average Bonchev–Trinajstić information content (AvgIpc) is 2.61. The van der Waals surface area contributed by atoms with Crippen LogP contribution in [0.5, 0.6) is 0 Å². The van der Waals surface area contributed by atoms with Crippen LogP contribution in [-0.2, 0) is 24.1 Å². The molecule has 1 aromatic heterocycles. The maximum atomic E-state index is 12.5. The quantitative estimate of drug-likeness (QED) is 0.733. The van der Waals surface area contributed by atoms with Crippen LogP contribution in [0.2, 0.25) is 0 Å². The minimum Gasteiger partial charge on any atom is -0.465 e. The van der Waals surface area contributed by atoms with E-state index in [0.717, 1.165) is 42.8 Å². The Bertz CT molecular complexity index is 748. The van der Waals surface area contributed by atoms with Crippen molar-refractivity contribution in [1.82, 2.24) is 9.55 Å². The third-order valence-electron chi connectivity index (χ3n) is 3.97. The zero-order chi connectivity index (χ0) is 17.5. The summed E-state index contributed by atoms with van der Waals surface area (Å²) < 4.78 is 6.42. The molecule has 0 aliphatic heterocycles. The third-order valence-corrected chi connectivity index (χ3v) is 3.97. The number of carbonyl (C=O) groups excluding carboxylic acids is 1. The summed E-state index contributed by atoms with van der Waals surface area (Å²) in [4.78, 5) is 28.6. The highest BCUT2D eigenvalue weighted by molar-refractivity contribution is 5.89. The minimum absolute atomic E-state index is 0.0232. The number of benzene rings is 1. The van der Waals surface area contributed by atoms with Crippen LogP contribution < -0.4 is 5.56 Å². The van der Waals surface area contributed by atoms with Crippen LogP contribution in [-0.4, -0.2) is 22.6 Å². The van der Waals surface area contributed by atoms with E-state index in [9.17, 15) is 9.59 Å². The van der Waals surface area contributed by atoms with Gasteiger partial charge in [-0.2, -0.15) is 0 Å². The number of ether oxygens (including phenoxy) is 1. The molecule has 0 spiro atoms. The van der Waals surface area contributed by atoms with Crippen LogP contribution in [0.4, 0.5) is 0 Å². The maximum Gasteiger partial charge on any atom is 0.337 e. The van der Waals surface area contributed by atoms with E-state index in [2.05, 4.69) is 11.9 Å². The Labute approximate surface area is 142 Å². The van der Waals surface area contributed by atoms with Crippen LogP contribution in [0.15, 0.2) is 35.1 Å². The summed E-state index contributed by atoms with van der Waals surface area (Å²) in [5.41, 5.74) is 2.26. The van der Waals surface area contributed by atoms with E-state index in [1.807, 2.05) is 19.1 Å². The van der Waals surface area contributed by atoms with Gasteiger partial charge in [-0.05, 0) is 30.5 Å². The van der Waals surface area contributed by atoms with Gasteiger partial charge in [0.05, 0.1) is 19.2 Å². The lowest BCUT2D eigenvalue weighted by atomic mass is 10.1. The minimum atomic E-state index is -0.365. The van der Waals surface area contributed by atoms with Gasteiger partial charge >= 0.3 is 5.97 Å². The van der Waals surface area contributed by atoms with Crippen molar-refractivity contribution in [2.24, 2.45) is 0 Å². The first kappa shape index (κ1) is 17.9. The molecule has 0 unspecified atom stereocenters. The van der Waals surface area contributed by atoms with Gasteiger partial charge in [0.15, 0.2) is 0 Å². The first-order valence-corrected chi connectivity index (χ1v) is 8.35. The smallest absolute Gasteiger partial charge is 0.337 e. The van der Waals surface area contributed by atoms with Crippen LogP contribution in [0, 0.1) is 0 Å². The van der Waals surface area contributed by atoms with E-state index in [1.54, 1.807) is 22.8 Å². The SMILES string of the molecule is CCCCc1nc(CC)cc(=O)n1Cc1ccc(C(=O)OC)cc1. The van der Waals surface area contributed by atoms with Gasteiger partial charge in [0.1, 0.15) is 5.82 Å². The lowest BCUT2D eigenvalue weighted by Crippen LogP contribution is -2.26. The van der Waals surface area contributed by atoms with Crippen molar-refractivity contribution in [3.8, 4) is 0 Å². The van der Waals surface area contributed by atoms with Gasteiger partial charge in [-0.15, -0.1) is 0 Å². The molecular weight excluding hydrogens is 304 g/mol. The first-order chi connectivity index (χ1) is 11.6. The number of hydrogen-bond donors (Lipinski definition) is 0. The van der Waals surface area contributed by atoms with Crippen molar-refractivity contribution in [1.29, 1.82) is 0 Å². The lowest BCUT2D eigenvalue weighted by molar-refractivity contribution is 0.0600. The summed E-state index contributed by atoms with van der Waals surface area (Å²) in [6, 6.07) is 8.72. The van der Waals surface area contributed by atoms with Gasteiger partial charge < -0.3 is 4.74 Å². The highest BCUT2D eigenvalue weighted by Gasteiger charge is 2.10. The molecule has 0 N–H and O–H groups in total. The largest absolute Gasteiger partial charge is 0.465 e. The van der Waals surface area contributed by atoms with Crippen LogP contribution in [0.3, 0.4) is 0 Å². The van der Waals surface area contributed by atoms with Crippen molar-refractivity contribution in [2.75, 3.05) is 7.11 Å². The predicted molar refractivity (Wildman–Crippen MR) is 93.4 cm³/mol. The van der Waals surface area contributed by atoms with E-state index < -0.39 is 0 Å². The molecule has 0 fully saturated rings. The molecule has 5 heteroatoms. The Morgan fingerprint density at radius 3 is 2.50 bits per heavy atom. The number of unbranched alkanes of at least 4 members (excludes halogenated alkanes) is 1. The number of rotatable bonds is 7. The van der Waals surface area contributed by atoms with Gasteiger partial charge in [0.2, 0.25) is 0 Å². The third kappa shape index (κ3) is 4.31. The van der Waals surface area contributed by atoms with E-state index in [4.69, 9.17) is 4.74 Å². The van der Waals surface area contributed by atoms with Crippen LogP contribution in [0.25, 0.3) is 0 Å². The van der Waals surface area contributed by atoms with Gasteiger partial charge in [0.25, 0.3) is 5.56 Å². The fourth-order valence-electron chi connectivity index (χ4n) is 2.53. The van der Waals surface area contributed by atoms with Crippen LogP contribution >= 0.6 is 0 Å². The molecule has 0 amide bonds. The summed E-state index contributed by atoms with van der Waals surface area (Å²) in [7, 11) is 1.36. The molecule has 1 aromatic carbocycles. The molecular formula is C19H24N2O3. The molecule has 0 radical (unpaired) electrons. The van der Waals surface area contributed by atoms with E-state index in [-0.39, 0.29) is 11.5 Å². The molecule has 0 bridgehead atoms. The van der Waals surface area contributed by atoms with Gasteiger partial charge in [-0.1, -0.05) is 32.4 Å². The second-order valence-corrected chi connectivity index (χ2v) is 5.73. The monoisotopic (exact) mass is 328 g/mol. The van der Waals surface area contributed by atoms with Gasteiger partial charge in [-0.25, -0.2) is 9.78 Å². The van der Waals surface area contributed by atoms with Crippen molar-refractivity contribution in [3.05, 3.63) is 63.3 Å². The fourth-order valence-corrected chi connectivity index (χ4v) is 2.53. The normalized spacial score (nSPS) is 10.6. The number of carbonyl (C=O) groups is 1. The molecule has 0 atom stereocenters. The summed E-state index contributed by atoms with van der Waals surface area (Å²) in [6.07, 6.45) is 3.60. The molecule has 0 saturated heterocycles. The molecule has 128 valence electrons. The number of nitrogens with zero attached hydrogens (tertiary/aromatic N) is 2. The second kappa shape index (κ2) is 8.43. The fraction of sp³-hybridized carbons (Fsp3) is 0.421. The van der Waals surface area contributed by atoms with E-state index in [1.165, 1.54) is 7.11 Å². The zero-order valence-electron chi connectivity index (χ0n) is 14.5. The summed E-state index contributed by atoms with van der Waals surface area (Å²) in [5, 5.41) is 0. The Morgan fingerprint density at radius 1 is 1.21 bits per heavy atom. The maximum absolute atomic E-state index is 12.5. The number of methoxy groups -OCH3 is 1. The molecule has 0 aliphatic rings. The van der Waals surface area contributed by atoms with Crippen LogP contribution in [0.1, 0.15) is 54.1 Å². The van der Waals surface area contributed by atoms with E-state index in [0.29, 0.717) is 12.1 Å². The molecule has 24 heavy (non-hydrogen) atoms. The second-order valence-electron chi connectivity index (χ2n) is 5.73. The molecule has 2 rings (SSSR count). The molecule has 0 aliphatic carbocycles. The summed E-state index contributed by atoms with van der Waals surface area (Å²) in [5.74, 6) is 0.467.